The van der Waals surface area contributed by atoms with E-state index >= 15 is 0 Å². The number of carbonyl (C=O) groups is 5. The summed E-state index contributed by atoms with van der Waals surface area (Å²) in [5.74, 6) is -6.46. The van der Waals surface area contributed by atoms with Gasteiger partial charge in [-0.3, -0.25) is 14.4 Å². The molecule has 1 aliphatic heterocycles. The lowest BCUT2D eigenvalue weighted by Crippen LogP contribution is -2.47. The summed E-state index contributed by atoms with van der Waals surface area (Å²) in [6.07, 6.45) is -5.53. The molecule has 1 aromatic heterocycles. The fraction of sp³-hybridized carbons (Fsp3) is 0.448. The number of nitrogens with zero attached hydrogens (tertiary/aromatic N) is 1. The van der Waals surface area contributed by atoms with E-state index in [4.69, 9.17) is 18.9 Å². The fourth-order valence-electron chi connectivity index (χ4n) is 4.12. The van der Waals surface area contributed by atoms with E-state index in [0.29, 0.717) is 6.07 Å². The van der Waals surface area contributed by atoms with Crippen molar-refractivity contribution in [2.75, 3.05) is 6.61 Å². The SMILES string of the molecule is CC[C@H]1C(=O)OC[C@H](NC(=O)c2nccc(C)c2OC(=O)c2cccc(C(F)(F)F)c2)C(=O)O[C@@H](C)[C@@H]1OC(=O)C(C)C. The highest BCUT2D eigenvalue weighted by Gasteiger charge is 2.41. The molecule has 43 heavy (non-hydrogen) atoms. The number of rotatable bonds is 7. The van der Waals surface area contributed by atoms with Crippen LogP contribution in [0.4, 0.5) is 13.2 Å². The molecule has 0 aliphatic carbocycles. The van der Waals surface area contributed by atoms with Crippen molar-refractivity contribution in [3.8, 4) is 5.75 Å². The van der Waals surface area contributed by atoms with Crippen LogP contribution in [0, 0.1) is 18.8 Å². The quantitative estimate of drug-likeness (QED) is 0.364. The number of aryl methyl sites for hydroxylation is 1. The number of ether oxygens (including phenoxy) is 4. The van der Waals surface area contributed by atoms with E-state index in [9.17, 15) is 37.1 Å². The number of carbonyl (C=O) groups excluding carboxylic acids is 5. The molecule has 3 rings (SSSR count). The largest absolute Gasteiger partial charge is 0.463 e. The summed E-state index contributed by atoms with van der Waals surface area (Å²) in [4.78, 5) is 68.1. The van der Waals surface area contributed by atoms with Crippen molar-refractivity contribution in [3.05, 3.63) is 58.9 Å². The zero-order valence-electron chi connectivity index (χ0n) is 24.0. The Kier molecular flexibility index (Phi) is 10.5. The molecule has 1 fully saturated rings. The van der Waals surface area contributed by atoms with E-state index in [2.05, 4.69) is 10.3 Å². The second-order valence-corrected chi connectivity index (χ2v) is 10.1. The summed E-state index contributed by atoms with van der Waals surface area (Å²) in [5, 5.41) is 2.34. The first-order valence-electron chi connectivity index (χ1n) is 13.4. The van der Waals surface area contributed by atoms with Crippen LogP contribution in [0.25, 0.3) is 0 Å². The van der Waals surface area contributed by atoms with Gasteiger partial charge in [0.15, 0.2) is 23.6 Å². The first kappa shape index (κ1) is 33.0. The van der Waals surface area contributed by atoms with Gasteiger partial charge in [-0.2, -0.15) is 13.2 Å². The Morgan fingerprint density at radius 1 is 1.14 bits per heavy atom. The van der Waals surface area contributed by atoms with Crippen LogP contribution < -0.4 is 10.1 Å². The molecule has 1 N–H and O–H groups in total. The average Bonchev–Trinajstić information content (AvgIpc) is 2.98. The highest BCUT2D eigenvalue weighted by Crippen LogP contribution is 2.30. The van der Waals surface area contributed by atoms with Gasteiger partial charge in [0.1, 0.15) is 12.7 Å². The van der Waals surface area contributed by atoms with Crippen LogP contribution in [0.15, 0.2) is 36.5 Å². The molecule has 0 bridgehead atoms. The number of aromatic nitrogens is 1. The maximum atomic E-state index is 13.3. The summed E-state index contributed by atoms with van der Waals surface area (Å²) in [7, 11) is 0. The van der Waals surface area contributed by atoms with Crippen LogP contribution in [0.2, 0.25) is 0 Å². The van der Waals surface area contributed by atoms with Crippen molar-refractivity contribution in [1.29, 1.82) is 0 Å². The molecular formula is C29H31F3N2O9. The number of alkyl halides is 3. The highest BCUT2D eigenvalue weighted by atomic mass is 19.4. The third-order valence-electron chi connectivity index (χ3n) is 6.55. The van der Waals surface area contributed by atoms with E-state index < -0.39 is 89.5 Å². The number of esters is 4. The van der Waals surface area contributed by atoms with E-state index in [1.165, 1.54) is 26.1 Å². The number of hydrogen-bond donors (Lipinski definition) is 1. The molecule has 0 unspecified atom stereocenters. The van der Waals surface area contributed by atoms with E-state index in [0.717, 1.165) is 18.2 Å². The molecule has 11 nitrogen and oxygen atoms in total. The van der Waals surface area contributed by atoms with Gasteiger partial charge in [0.2, 0.25) is 0 Å². The Labute approximate surface area is 245 Å². The maximum absolute atomic E-state index is 13.3. The van der Waals surface area contributed by atoms with Crippen molar-refractivity contribution in [2.45, 2.75) is 65.5 Å². The molecule has 2 aromatic rings. The van der Waals surface area contributed by atoms with Crippen molar-refractivity contribution in [1.82, 2.24) is 10.3 Å². The number of hydrogen-bond acceptors (Lipinski definition) is 10. The number of nitrogens with one attached hydrogen (secondary N) is 1. The summed E-state index contributed by atoms with van der Waals surface area (Å²) in [6, 6.07) is 3.39. The predicted octanol–water partition coefficient (Wildman–Crippen LogP) is 3.81. The van der Waals surface area contributed by atoms with Gasteiger partial charge in [-0.25, -0.2) is 14.6 Å². The summed E-state index contributed by atoms with van der Waals surface area (Å²) in [6.45, 7) is 7.13. The molecule has 2 heterocycles. The molecule has 4 atom stereocenters. The molecule has 0 spiro atoms. The molecule has 0 saturated carbocycles. The Morgan fingerprint density at radius 3 is 2.47 bits per heavy atom. The lowest BCUT2D eigenvalue weighted by atomic mass is 9.95. The molecule has 1 aromatic carbocycles. The van der Waals surface area contributed by atoms with Gasteiger partial charge in [-0.1, -0.05) is 26.8 Å². The maximum Gasteiger partial charge on any atom is 0.416 e. The van der Waals surface area contributed by atoms with Gasteiger partial charge in [-0.15, -0.1) is 0 Å². The lowest BCUT2D eigenvalue weighted by Gasteiger charge is -2.29. The first-order chi connectivity index (χ1) is 20.1. The van der Waals surface area contributed by atoms with Crippen molar-refractivity contribution in [2.24, 2.45) is 11.8 Å². The second-order valence-electron chi connectivity index (χ2n) is 10.1. The lowest BCUT2D eigenvalue weighted by molar-refractivity contribution is -0.176. The number of cyclic esters (lactones) is 2. The van der Waals surface area contributed by atoms with Gasteiger partial charge in [0, 0.05) is 6.20 Å². The third-order valence-corrected chi connectivity index (χ3v) is 6.55. The average molecular weight is 609 g/mol. The smallest absolute Gasteiger partial charge is 0.416 e. The highest BCUT2D eigenvalue weighted by molar-refractivity contribution is 5.99. The van der Waals surface area contributed by atoms with Crippen molar-refractivity contribution < 1.29 is 56.1 Å². The van der Waals surface area contributed by atoms with Crippen LogP contribution in [0.5, 0.6) is 5.75 Å². The van der Waals surface area contributed by atoms with E-state index in [1.807, 2.05) is 0 Å². The topological polar surface area (TPSA) is 147 Å². The first-order valence-corrected chi connectivity index (χ1v) is 13.4. The van der Waals surface area contributed by atoms with Gasteiger partial charge in [-0.05, 0) is 50.1 Å². The molecule has 1 saturated heterocycles. The monoisotopic (exact) mass is 608 g/mol. The Bertz CT molecular complexity index is 1390. The fourth-order valence-corrected chi connectivity index (χ4v) is 4.12. The Hall–Kier alpha value is -4.49. The predicted molar refractivity (Wildman–Crippen MR) is 142 cm³/mol. The normalized spacial score (nSPS) is 21.0. The molecule has 0 radical (unpaired) electrons. The van der Waals surface area contributed by atoms with Crippen LogP contribution in [-0.2, 0) is 34.8 Å². The van der Waals surface area contributed by atoms with Gasteiger partial charge in [0.05, 0.1) is 23.0 Å². The molecule has 232 valence electrons. The molecule has 14 heteroatoms. The van der Waals surface area contributed by atoms with Crippen molar-refractivity contribution in [3.63, 3.8) is 0 Å². The molecule has 1 amide bonds. The standard InChI is InChI=1S/C29H31F3N2O9/c1-6-19-23(43-25(36)14(2)3)16(5)41-28(39)20(13-40-27(19)38)34-24(35)21-22(15(4)10-11-33-21)42-26(37)17-8-7-9-18(12-17)29(30,31)32/h7-12,14,16,19-20,23H,6,13H2,1-5H3,(H,34,35)/t16-,19+,20-,23-/m0/s1. The molecule has 1 aliphatic rings. The number of halogens is 3. The van der Waals surface area contributed by atoms with Gasteiger partial charge < -0.3 is 24.3 Å². The van der Waals surface area contributed by atoms with Gasteiger partial charge >= 0.3 is 30.1 Å². The summed E-state index contributed by atoms with van der Waals surface area (Å²) in [5.41, 5.74) is -1.74. The van der Waals surface area contributed by atoms with Crippen LogP contribution in [-0.4, -0.2) is 59.6 Å². The van der Waals surface area contributed by atoms with Crippen LogP contribution in [0.3, 0.4) is 0 Å². The second kappa shape index (κ2) is 13.7. The minimum Gasteiger partial charge on any atom is -0.463 e. The third kappa shape index (κ3) is 8.08. The van der Waals surface area contributed by atoms with Crippen LogP contribution in [0.1, 0.15) is 66.1 Å². The number of benzene rings is 1. The van der Waals surface area contributed by atoms with E-state index in [1.54, 1.807) is 20.8 Å². The number of amides is 1. The van der Waals surface area contributed by atoms with E-state index in [-0.39, 0.29) is 17.7 Å². The van der Waals surface area contributed by atoms with Gasteiger partial charge in [0.25, 0.3) is 5.91 Å². The molecular weight excluding hydrogens is 577 g/mol. The van der Waals surface area contributed by atoms with Crippen molar-refractivity contribution >= 4 is 29.8 Å². The minimum absolute atomic E-state index is 0.196. The zero-order chi connectivity index (χ0) is 32.1. The summed E-state index contributed by atoms with van der Waals surface area (Å²) < 4.78 is 60.8. The Morgan fingerprint density at radius 2 is 1.84 bits per heavy atom. The Balaban J connectivity index is 1.84. The summed E-state index contributed by atoms with van der Waals surface area (Å²) >= 11 is 0. The number of pyridine rings is 1. The minimum atomic E-state index is -4.70. The zero-order valence-corrected chi connectivity index (χ0v) is 24.0. The van der Waals surface area contributed by atoms with Crippen LogP contribution >= 0.6 is 0 Å².